The smallest absolute Gasteiger partial charge is 0.385 e. The first kappa shape index (κ1) is 10.9. The van der Waals surface area contributed by atoms with Crippen molar-refractivity contribution in [2.75, 3.05) is 0 Å². The fourth-order valence-electron chi connectivity index (χ4n) is 0.847. The van der Waals surface area contributed by atoms with Gasteiger partial charge >= 0.3 is 17.7 Å². The Balaban J connectivity index is 2.66. The number of carbonyl (C=O) groups excluding carboxylic acids is 1. The Morgan fingerprint density at radius 1 is 1.36 bits per heavy atom. The number of carbonyl (C=O) groups is 2. The molecule has 4 atom stereocenters. The van der Waals surface area contributed by atoms with Crippen molar-refractivity contribution in [3.63, 3.8) is 0 Å². The number of hydrogen-bond donors (Lipinski definition) is 5. The van der Waals surface area contributed by atoms with E-state index in [9.17, 15) is 9.59 Å². The summed E-state index contributed by atoms with van der Waals surface area (Å²) in [6.07, 6.45) is -6.74. The van der Waals surface area contributed by atoms with Crippen LogP contribution in [0.3, 0.4) is 0 Å². The first-order valence-electron chi connectivity index (χ1n) is 3.53. The van der Waals surface area contributed by atoms with E-state index >= 15 is 0 Å². The van der Waals surface area contributed by atoms with E-state index in [1.54, 1.807) is 0 Å². The van der Waals surface area contributed by atoms with E-state index in [-0.39, 0.29) is 0 Å². The molecule has 1 heterocycles. The highest BCUT2D eigenvalue weighted by Gasteiger charge is 2.66. The van der Waals surface area contributed by atoms with Gasteiger partial charge in [0.2, 0.25) is 0 Å². The number of aliphatic hydroxyl groups is 4. The van der Waals surface area contributed by atoms with Gasteiger partial charge in [0.05, 0.1) is 0 Å². The van der Waals surface area contributed by atoms with Gasteiger partial charge in [-0.3, -0.25) is 0 Å². The third-order valence-electron chi connectivity index (χ3n) is 1.80. The molecule has 0 saturated carbocycles. The van der Waals surface area contributed by atoms with Gasteiger partial charge in [-0.25, -0.2) is 9.59 Å². The van der Waals surface area contributed by atoms with E-state index in [2.05, 4.69) is 4.74 Å². The molecular weight excluding hydrogens is 200 g/mol. The lowest BCUT2D eigenvalue weighted by Gasteiger charge is -2.19. The molecule has 0 aromatic heterocycles. The molecule has 0 spiro atoms. The Morgan fingerprint density at radius 2 is 1.79 bits per heavy atom. The third kappa shape index (κ3) is 1.55. The van der Waals surface area contributed by atoms with Gasteiger partial charge in [0.1, 0.15) is 6.10 Å². The lowest BCUT2D eigenvalue weighted by atomic mass is 10.0. The molecule has 80 valence electrons. The van der Waals surface area contributed by atoms with Crippen LogP contribution < -0.4 is 0 Å². The van der Waals surface area contributed by atoms with E-state index in [4.69, 9.17) is 25.5 Å². The Kier molecular flexibility index (Phi) is 2.46. The number of aliphatic hydroxyl groups excluding tert-OH is 3. The summed E-state index contributed by atoms with van der Waals surface area (Å²) in [4.78, 5) is 20.5. The Morgan fingerprint density at radius 3 is 2.07 bits per heavy atom. The summed E-state index contributed by atoms with van der Waals surface area (Å²) < 4.78 is 3.92. The molecule has 14 heavy (non-hydrogen) atoms. The van der Waals surface area contributed by atoms with Crippen molar-refractivity contribution in [3.05, 3.63) is 0 Å². The third-order valence-corrected chi connectivity index (χ3v) is 1.80. The molecule has 0 unspecified atom stereocenters. The second-order valence-electron chi connectivity index (χ2n) is 2.80. The van der Waals surface area contributed by atoms with Gasteiger partial charge in [0, 0.05) is 0 Å². The van der Waals surface area contributed by atoms with Crippen molar-refractivity contribution < 1.29 is 39.9 Å². The quantitative estimate of drug-likeness (QED) is 0.297. The number of hydrogen-bond acceptors (Lipinski definition) is 7. The normalized spacial score (nSPS) is 31.6. The maximum atomic E-state index is 10.4. The van der Waals surface area contributed by atoms with Gasteiger partial charge < -0.3 is 30.3 Å². The molecule has 5 N–H and O–H groups in total. The summed E-state index contributed by atoms with van der Waals surface area (Å²) in [5.41, 5.74) is 0. The Hall–Kier alpha value is -1.22. The molecule has 1 aliphatic rings. The average Bonchev–Trinajstić information content (AvgIpc) is 2.72. The van der Waals surface area contributed by atoms with Crippen molar-refractivity contribution in [2.24, 2.45) is 0 Å². The minimum Gasteiger partial charge on any atom is -0.479 e. The maximum absolute atomic E-state index is 10.4. The lowest BCUT2D eigenvalue weighted by molar-refractivity contribution is -0.173. The highest BCUT2D eigenvalue weighted by atomic mass is 16.8. The molecule has 1 rings (SSSR count). The van der Waals surface area contributed by atoms with Crippen LogP contribution in [0, 0.1) is 0 Å². The topological polar surface area (TPSA) is 148 Å². The van der Waals surface area contributed by atoms with Gasteiger partial charge in [-0.2, -0.15) is 0 Å². The summed E-state index contributed by atoms with van der Waals surface area (Å²) in [5.74, 6) is -5.59. The van der Waals surface area contributed by atoms with Gasteiger partial charge in [0.15, 0.2) is 12.2 Å². The summed E-state index contributed by atoms with van der Waals surface area (Å²) in [6, 6.07) is 0. The van der Waals surface area contributed by atoms with Crippen LogP contribution in [0.1, 0.15) is 0 Å². The molecule has 0 amide bonds. The van der Waals surface area contributed by atoms with Crippen molar-refractivity contribution in [1.29, 1.82) is 0 Å². The molecule has 0 bridgehead atoms. The lowest BCUT2D eigenvalue weighted by Crippen LogP contribution is -2.49. The predicted molar refractivity (Wildman–Crippen MR) is 36.7 cm³/mol. The molecule has 0 aliphatic carbocycles. The minimum atomic E-state index is -2.60. The second-order valence-corrected chi connectivity index (χ2v) is 2.80. The maximum Gasteiger partial charge on any atom is 0.385 e. The molecule has 1 saturated heterocycles. The average molecular weight is 208 g/mol. The van der Waals surface area contributed by atoms with Crippen molar-refractivity contribution in [1.82, 2.24) is 0 Å². The van der Waals surface area contributed by atoms with Crippen molar-refractivity contribution in [2.45, 2.75) is 24.1 Å². The van der Waals surface area contributed by atoms with E-state index in [1.165, 1.54) is 0 Å². The van der Waals surface area contributed by atoms with Crippen LogP contribution in [-0.2, 0) is 14.3 Å². The molecular formula is C6H8O8. The van der Waals surface area contributed by atoms with Crippen LogP contribution in [0.15, 0.2) is 0 Å². The van der Waals surface area contributed by atoms with Crippen LogP contribution in [0.25, 0.3) is 0 Å². The number of carboxylic acid groups (broad SMARTS) is 1. The number of carboxylic acids is 1. The summed E-state index contributed by atoms with van der Waals surface area (Å²) in [7, 11) is 0. The van der Waals surface area contributed by atoms with E-state index in [0.29, 0.717) is 0 Å². The fourth-order valence-corrected chi connectivity index (χ4v) is 0.847. The molecule has 1 aliphatic heterocycles. The van der Waals surface area contributed by atoms with Gasteiger partial charge in [-0.1, -0.05) is 0 Å². The number of cyclic esters (lactones) is 1. The van der Waals surface area contributed by atoms with Crippen molar-refractivity contribution in [3.8, 4) is 0 Å². The van der Waals surface area contributed by atoms with Crippen LogP contribution in [0.4, 0.5) is 0 Å². The van der Waals surface area contributed by atoms with Crippen LogP contribution in [0.2, 0.25) is 0 Å². The van der Waals surface area contributed by atoms with E-state index in [1.807, 2.05) is 0 Å². The standard InChI is InChI=1S/C6H8O8/c7-1(2(8)4(10)11)3(9)6(13)5(12)14-6/h1-3,7-9,13H,(H,10,11)/t1-,2-,3+,6-/m0/s1. The summed E-state index contributed by atoms with van der Waals surface area (Å²) in [5, 5.41) is 44.0. The van der Waals surface area contributed by atoms with Crippen LogP contribution in [0.5, 0.6) is 0 Å². The molecule has 0 aromatic carbocycles. The van der Waals surface area contributed by atoms with E-state index in [0.717, 1.165) is 0 Å². The van der Waals surface area contributed by atoms with Gasteiger partial charge in [-0.05, 0) is 0 Å². The number of aliphatic carboxylic acids is 1. The molecule has 8 heteroatoms. The summed E-state index contributed by atoms with van der Waals surface area (Å²) >= 11 is 0. The molecule has 0 aromatic rings. The molecule has 0 radical (unpaired) electrons. The molecule has 1 fully saturated rings. The minimum absolute atomic E-state index is 1.19. The summed E-state index contributed by atoms with van der Waals surface area (Å²) in [6.45, 7) is 0. The first-order chi connectivity index (χ1) is 6.30. The predicted octanol–water partition coefficient (Wildman–Crippen LogP) is -3.60. The number of rotatable bonds is 4. The Labute approximate surface area is 77.0 Å². The van der Waals surface area contributed by atoms with Gasteiger partial charge in [0.25, 0.3) is 0 Å². The Bertz CT molecular complexity index is 275. The SMILES string of the molecule is O=C(O)[C@@H](O)[C@H](O)[C@@H](O)[C@]1(O)OC1=O. The number of epoxide rings is 1. The van der Waals surface area contributed by atoms with Gasteiger partial charge in [-0.15, -0.1) is 0 Å². The van der Waals surface area contributed by atoms with E-state index < -0.39 is 36.0 Å². The fraction of sp³-hybridized carbons (Fsp3) is 0.667. The second kappa shape index (κ2) is 3.17. The monoisotopic (exact) mass is 208 g/mol. The highest BCUT2D eigenvalue weighted by Crippen LogP contribution is 2.31. The zero-order chi connectivity index (χ0) is 11.1. The zero-order valence-corrected chi connectivity index (χ0v) is 6.69. The first-order valence-corrected chi connectivity index (χ1v) is 3.53. The van der Waals surface area contributed by atoms with Crippen molar-refractivity contribution >= 4 is 11.9 Å². The molecule has 8 nitrogen and oxygen atoms in total. The number of ether oxygens (including phenoxy) is 1. The van der Waals surface area contributed by atoms with Crippen LogP contribution >= 0.6 is 0 Å². The largest absolute Gasteiger partial charge is 0.479 e. The van der Waals surface area contributed by atoms with Crippen LogP contribution in [-0.4, -0.2) is 61.6 Å². The zero-order valence-electron chi connectivity index (χ0n) is 6.69. The highest BCUT2D eigenvalue weighted by molar-refractivity contribution is 5.91.